The van der Waals surface area contributed by atoms with Crippen molar-refractivity contribution in [3.8, 4) is 11.3 Å². The zero-order chi connectivity index (χ0) is 27.6. The van der Waals surface area contributed by atoms with Crippen molar-refractivity contribution in [3.05, 3.63) is 58.7 Å². The van der Waals surface area contributed by atoms with Crippen LogP contribution in [-0.4, -0.2) is 72.4 Å². The van der Waals surface area contributed by atoms with Gasteiger partial charge >= 0.3 is 24.3 Å². The van der Waals surface area contributed by atoms with E-state index in [1.807, 2.05) is 23.8 Å². The summed E-state index contributed by atoms with van der Waals surface area (Å²) in [6.07, 6.45) is -1.03. The van der Waals surface area contributed by atoms with Crippen LogP contribution < -0.4 is 0 Å². The standard InChI is InChI=1S/C17H17N5S.2C2HF3O2/c1-2-13(10-18-5-1)17-14-3-7-22(11-16-19-6-9-23-16)8-4-15(14)20-12-21-17;2*3-2(4,5)1(6)7/h1-2,5-6,9-10,12H,3-4,7-8,11H2;2*(H,6,7). The van der Waals surface area contributed by atoms with Crippen molar-refractivity contribution in [1.29, 1.82) is 0 Å². The molecule has 0 saturated carbocycles. The molecule has 0 unspecified atom stereocenters. The predicted octanol–water partition coefficient (Wildman–Crippen LogP) is 3.86. The molecule has 0 spiro atoms. The average molecular weight is 551 g/mol. The molecule has 37 heavy (non-hydrogen) atoms. The first kappa shape index (κ1) is 29.6. The van der Waals surface area contributed by atoms with Crippen LogP contribution in [0.2, 0.25) is 0 Å². The highest BCUT2D eigenvalue weighted by atomic mass is 32.1. The second kappa shape index (κ2) is 13.0. The van der Waals surface area contributed by atoms with Gasteiger partial charge in [-0.15, -0.1) is 11.3 Å². The molecule has 0 atom stereocenters. The van der Waals surface area contributed by atoms with E-state index in [-0.39, 0.29) is 0 Å². The van der Waals surface area contributed by atoms with E-state index >= 15 is 0 Å². The van der Waals surface area contributed by atoms with Gasteiger partial charge in [-0.25, -0.2) is 24.5 Å². The summed E-state index contributed by atoms with van der Waals surface area (Å²) in [4.78, 5) is 37.9. The van der Waals surface area contributed by atoms with Crippen molar-refractivity contribution in [1.82, 2.24) is 24.8 Å². The van der Waals surface area contributed by atoms with Gasteiger partial charge in [-0.3, -0.25) is 9.88 Å². The number of aromatic nitrogens is 4. The maximum Gasteiger partial charge on any atom is 0.490 e. The van der Waals surface area contributed by atoms with Gasteiger partial charge in [-0.2, -0.15) is 26.3 Å². The Morgan fingerprint density at radius 1 is 0.946 bits per heavy atom. The van der Waals surface area contributed by atoms with Crippen molar-refractivity contribution in [3.63, 3.8) is 0 Å². The summed E-state index contributed by atoms with van der Waals surface area (Å²) >= 11 is 1.72. The number of carboxylic acid groups (broad SMARTS) is 2. The first-order valence-corrected chi connectivity index (χ1v) is 11.1. The number of hydrogen-bond donors (Lipinski definition) is 2. The minimum absolute atomic E-state index is 0.918. The first-order chi connectivity index (χ1) is 17.3. The Hall–Kier alpha value is -3.66. The summed E-state index contributed by atoms with van der Waals surface area (Å²) in [5, 5.41) is 17.5. The summed E-state index contributed by atoms with van der Waals surface area (Å²) in [6.45, 7) is 2.94. The number of alkyl halides is 6. The first-order valence-electron chi connectivity index (χ1n) is 10.2. The number of pyridine rings is 1. The molecule has 0 aliphatic carbocycles. The van der Waals surface area contributed by atoms with Crippen LogP contribution in [0.4, 0.5) is 26.3 Å². The maximum atomic E-state index is 10.6. The number of rotatable bonds is 3. The van der Waals surface area contributed by atoms with Crippen molar-refractivity contribution in [2.24, 2.45) is 0 Å². The molecule has 3 aromatic heterocycles. The number of aliphatic carboxylic acids is 2. The van der Waals surface area contributed by atoms with Crippen LogP contribution in [0.15, 0.2) is 42.4 Å². The predicted molar refractivity (Wildman–Crippen MR) is 117 cm³/mol. The Morgan fingerprint density at radius 3 is 2.08 bits per heavy atom. The number of hydrogen-bond acceptors (Lipinski definition) is 8. The van der Waals surface area contributed by atoms with Gasteiger partial charge < -0.3 is 10.2 Å². The van der Waals surface area contributed by atoms with Gasteiger partial charge in [0.05, 0.1) is 12.2 Å². The van der Waals surface area contributed by atoms with E-state index in [2.05, 4.69) is 30.9 Å². The van der Waals surface area contributed by atoms with Crippen LogP contribution in [0.25, 0.3) is 11.3 Å². The lowest BCUT2D eigenvalue weighted by atomic mass is 10.0. The molecule has 0 bridgehead atoms. The van der Waals surface area contributed by atoms with E-state index in [0.29, 0.717) is 0 Å². The van der Waals surface area contributed by atoms with E-state index in [9.17, 15) is 26.3 Å². The van der Waals surface area contributed by atoms with Gasteiger partial charge in [0, 0.05) is 60.3 Å². The monoisotopic (exact) mass is 551 g/mol. The molecule has 0 radical (unpaired) electrons. The third-order valence-corrected chi connectivity index (χ3v) is 5.40. The molecule has 2 N–H and O–H groups in total. The fourth-order valence-corrected chi connectivity index (χ4v) is 3.66. The van der Waals surface area contributed by atoms with E-state index < -0.39 is 24.3 Å². The molecule has 0 amide bonds. The summed E-state index contributed by atoms with van der Waals surface area (Å²) in [6, 6.07) is 4.02. The molecule has 0 aromatic carbocycles. The van der Waals surface area contributed by atoms with Crippen LogP contribution in [0, 0.1) is 0 Å². The van der Waals surface area contributed by atoms with Crippen molar-refractivity contribution < 1.29 is 46.1 Å². The fourth-order valence-electron chi connectivity index (χ4n) is 3.00. The Morgan fingerprint density at radius 2 is 1.57 bits per heavy atom. The summed E-state index contributed by atoms with van der Waals surface area (Å²) in [5.74, 6) is -5.51. The number of thiazole rings is 1. The molecule has 1 aliphatic rings. The molecule has 1 aliphatic heterocycles. The van der Waals surface area contributed by atoms with E-state index in [1.54, 1.807) is 23.9 Å². The second-order valence-corrected chi connectivity index (χ2v) is 8.18. The van der Waals surface area contributed by atoms with Crippen LogP contribution in [-0.2, 0) is 29.0 Å². The summed E-state index contributed by atoms with van der Waals surface area (Å²) < 4.78 is 63.5. The topological polar surface area (TPSA) is 129 Å². The minimum atomic E-state index is -5.08. The smallest absolute Gasteiger partial charge is 0.475 e. The Balaban J connectivity index is 0.000000286. The number of carbonyl (C=O) groups is 2. The highest BCUT2D eigenvalue weighted by Crippen LogP contribution is 2.25. The average Bonchev–Trinajstić information content (AvgIpc) is 3.25. The van der Waals surface area contributed by atoms with E-state index in [1.165, 1.54) is 16.3 Å². The summed E-state index contributed by atoms with van der Waals surface area (Å²) in [5.41, 5.74) is 4.53. The lowest BCUT2D eigenvalue weighted by Crippen LogP contribution is -2.25. The normalized spacial score (nSPS) is 13.7. The fraction of sp³-hybridized carbons (Fsp3) is 0.333. The summed E-state index contributed by atoms with van der Waals surface area (Å²) in [7, 11) is 0. The molecule has 4 heterocycles. The van der Waals surface area contributed by atoms with Crippen LogP contribution in [0.3, 0.4) is 0 Å². The third kappa shape index (κ3) is 9.72. The minimum Gasteiger partial charge on any atom is -0.475 e. The molecular formula is C21H19F6N5O4S. The Kier molecular flexibility index (Phi) is 10.4. The number of carboxylic acids is 2. The Bertz CT molecular complexity index is 1140. The van der Waals surface area contributed by atoms with Gasteiger partial charge in [0.1, 0.15) is 11.3 Å². The molecule has 4 rings (SSSR count). The van der Waals surface area contributed by atoms with Gasteiger partial charge in [0.15, 0.2) is 0 Å². The zero-order valence-electron chi connectivity index (χ0n) is 18.7. The van der Waals surface area contributed by atoms with Crippen molar-refractivity contribution in [2.75, 3.05) is 13.1 Å². The molecule has 200 valence electrons. The van der Waals surface area contributed by atoms with Gasteiger partial charge in [-0.05, 0) is 18.6 Å². The van der Waals surface area contributed by atoms with Crippen molar-refractivity contribution >= 4 is 23.3 Å². The molecule has 0 fully saturated rings. The van der Waals surface area contributed by atoms with Crippen LogP contribution in [0.1, 0.15) is 16.3 Å². The third-order valence-electron chi connectivity index (χ3n) is 4.64. The zero-order valence-corrected chi connectivity index (χ0v) is 19.5. The largest absolute Gasteiger partial charge is 0.490 e. The number of halogens is 6. The Labute approximate surface area is 209 Å². The molecule has 16 heteroatoms. The van der Waals surface area contributed by atoms with Crippen molar-refractivity contribution in [2.45, 2.75) is 31.7 Å². The van der Waals surface area contributed by atoms with Crippen LogP contribution >= 0.6 is 11.3 Å². The van der Waals surface area contributed by atoms with Crippen LogP contribution in [0.5, 0.6) is 0 Å². The maximum absolute atomic E-state index is 10.6. The number of nitrogens with zero attached hydrogens (tertiary/aromatic N) is 5. The SMILES string of the molecule is O=C(O)C(F)(F)F.O=C(O)C(F)(F)F.c1cncc(-c2ncnc3c2CCN(Cc2nccs2)CC3)c1. The molecule has 9 nitrogen and oxygen atoms in total. The van der Waals surface area contributed by atoms with Gasteiger partial charge in [-0.1, -0.05) is 0 Å². The number of fused-ring (bicyclic) bond motifs is 1. The van der Waals surface area contributed by atoms with E-state index in [4.69, 9.17) is 19.8 Å². The highest BCUT2D eigenvalue weighted by molar-refractivity contribution is 7.09. The quantitative estimate of drug-likeness (QED) is 0.466. The van der Waals surface area contributed by atoms with Gasteiger partial charge in [0.2, 0.25) is 0 Å². The molecular weight excluding hydrogens is 532 g/mol. The lowest BCUT2D eigenvalue weighted by Gasteiger charge is -2.17. The van der Waals surface area contributed by atoms with Gasteiger partial charge in [0.25, 0.3) is 0 Å². The molecule has 3 aromatic rings. The van der Waals surface area contributed by atoms with E-state index in [0.717, 1.165) is 43.7 Å². The lowest BCUT2D eigenvalue weighted by molar-refractivity contribution is -0.193. The highest BCUT2D eigenvalue weighted by Gasteiger charge is 2.38. The second-order valence-electron chi connectivity index (χ2n) is 7.20. The molecule has 0 saturated heterocycles.